The predicted octanol–water partition coefficient (Wildman–Crippen LogP) is 1.05. The van der Waals surface area contributed by atoms with Crippen LogP contribution in [0.3, 0.4) is 0 Å². The molecule has 0 aliphatic rings. The molecule has 1 rings (SSSR count). The molecule has 19 heavy (non-hydrogen) atoms. The lowest BCUT2D eigenvalue weighted by atomic mass is 10.0. The van der Waals surface area contributed by atoms with Crippen LogP contribution in [0.5, 0.6) is 0 Å². The molecule has 0 fully saturated rings. The first-order valence-corrected chi connectivity index (χ1v) is 6.16. The third-order valence-electron chi connectivity index (χ3n) is 2.99. The molecule has 0 unspecified atom stereocenters. The second kappa shape index (κ2) is 6.99. The average molecular weight is 266 g/mol. The van der Waals surface area contributed by atoms with Gasteiger partial charge in [0.15, 0.2) is 5.78 Å². The van der Waals surface area contributed by atoms with Gasteiger partial charge in [-0.2, -0.15) is 0 Å². The minimum absolute atomic E-state index is 0.124. The van der Waals surface area contributed by atoms with Crippen LogP contribution >= 0.6 is 0 Å². The number of rotatable bonds is 6. The van der Waals surface area contributed by atoms with Gasteiger partial charge in [-0.15, -0.1) is 0 Å². The van der Waals surface area contributed by atoms with E-state index < -0.39 is 6.04 Å². The van der Waals surface area contributed by atoms with Crippen LogP contribution in [-0.4, -0.2) is 30.8 Å². The topological polar surface area (TPSA) is 58.2 Å². The van der Waals surface area contributed by atoms with Gasteiger partial charge in [0, 0.05) is 0 Å². The minimum Gasteiger partial charge on any atom is -0.345 e. The van der Waals surface area contributed by atoms with Gasteiger partial charge in [-0.25, -0.2) is 4.39 Å². The molecule has 1 aromatic carbocycles. The van der Waals surface area contributed by atoms with Gasteiger partial charge < -0.3 is 10.6 Å². The monoisotopic (exact) mass is 266 g/mol. The number of hydrogen-bond acceptors (Lipinski definition) is 3. The number of halogens is 1. The standard InChI is InChI=1S/C14H19FN2O2/c1-9(16-3)14(19)17-13(10(2)18)8-11-4-6-12(15)7-5-11/h4-7,9,13,16H,8H2,1-3H3,(H,17,19)/t9-,13-/m1/s1. The van der Waals surface area contributed by atoms with Crippen molar-refractivity contribution in [1.29, 1.82) is 0 Å². The van der Waals surface area contributed by atoms with Crippen LogP contribution in [0, 0.1) is 5.82 Å². The normalized spacial score (nSPS) is 13.7. The van der Waals surface area contributed by atoms with E-state index >= 15 is 0 Å². The summed E-state index contributed by atoms with van der Waals surface area (Å²) in [4.78, 5) is 23.3. The Morgan fingerprint density at radius 3 is 2.32 bits per heavy atom. The van der Waals surface area contributed by atoms with Gasteiger partial charge in [-0.05, 0) is 45.0 Å². The number of likely N-dealkylation sites (N-methyl/N-ethyl adjacent to an activating group) is 1. The first kappa shape index (κ1) is 15.3. The highest BCUT2D eigenvalue weighted by atomic mass is 19.1. The SMILES string of the molecule is CN[C@H](C)C(=O)N[C@H](Cc1ccc(F)cc1)C(C)=O. The summed E-state index contributed by atoms with van der Waals surface area (Å²) in [6.45, 7) is 3.14. The maximum absolute atomic E-state index is 12.8. The van der Waals surface area contributed by atoms with E-state index in [4.69, 9.17) is 0 Å². The smallest absolute Gasteiger partial charge is 0.237 e. The van der Waals surface area contributed by atoms with E-state index in [1.165, 1.54) is 19.1 Å². The van der Waals surface area contributed by atoms with Crippen LogP contribution < -0.4 is 10.6 Å². The van der Waals surface area contributed by atoms with Gasteiger partial charge in [0.2, 0.25) is 5.91 Å². The van der Waals surface area contributed by atoms with Gasteiger partial charge in [-0.3, -0.25) is 9.59 Å². The lowest BCUT2D eigenvalue weighted by Crippen LogP contribution is -2.48. The first-order chi connectivity index (χ1) is 8.93. The Kier molecular flexibility index (Phi) is 5.63. The van der Waals surface area contributed by atoms with Crippen LogP contribution in [0.25, 0.3) is 0 Å². The van der Waals surface area contributed by atoms with Crippen molar-refractivity contribution < 1.29 is 14.0 Å². The second-order valence-corrected chi connectivity index (χ2v) is 4.51. The van der Waals surface area contributed by atoms with Crippen molar-refractivity contribution in [2.24, 2.45) is 0 Å². The van der Waals surface area contributed by atoms with Crippen molar-refractivity contribution in [3.8, 4) is 0 Å². The summed E-state index contributed by atoms with van der Waals surface area (Å²) >= 11 is 0. The fourth-order valence-corrected chi connectivity index (χ4v) is 1.58. The molecule has 104 valence electrons. The number of ketones is 1. The molecule has 4 nitrogen and oxygen atoms in total. The number of amides is 1. The summed E-state index contributed by atoms with van der Waals surface area (Å²) in [5.74, 6) is -0.679. The summed E-state index contributed by atoms with van der Waals surface area (Å²) in [6.07, 6.45) is 0.359. The minimum atomic E-state index is -0.589. The molecule has 1 aromatic rings. The molecule has 0 aliphatic heterocycles. The van der Waals surface area contributed by atoms with Gasteiger partial charge >= 0.3 is 0 Å². The van der Waals surface area contributed by atoms with E-state index in [9.17, 15) is 14.0 Å². The average Bonchev–Trinajstić information content (AvgIpc) is 2.39. The van der Waals surface area contributed by atoms with Crippen LogP contribution in [0.15, 0.2) is 24.3 Å². The largest absolute Gasteiger partial charge is 0.345 e. The molecule has 0 saturated heterocycles. The molecule has 0 radical (unpaired) electrons. The third-order valence-corrected chi connectivity index (χ3v) is 2.99. The lowest BCUT2D eigenvalue weighted by molar-refractivity contribution is -0.127. The van der Waals surface area contributed by atoms with Crippen LogP contribution in [0.1, 0.15) is 19.4 Å². The molecule has 1 amide bonds. The molecule has 0 saturated carbocycles. The van der Waals surface area contributed by atoms with Gasteiger partial charge in [0.25, 0.3) is 0 Å². The van der Waals surface area contributed by atoms with Crippen molar-refractivity contribution in [1.82, 2.24) is 10.6 Å². The van der Waals surface area contributed by atoms with E-state index in [1.54, 1.807) is 26.1 Å². The number of hydrogen-bond donors (Lipinski definition) is 2. The highest BCUT2D eigenvalue weighted by molar-refractivity contribution is 5.89. The first-order valence-electron chi connectivity index (χ1n) is 6.16. The van der Waals surface area contributed by atoms with Gasteiger partial charge in [0.1, 0.15) is 5.82 Å². The van der Waals surface area contributed by atoms with Crippen LogP contribution in [-0.2, 0) is 16.0 Å². The highest BCUT2D eigenvalue weighted by Gasteiger charge is 2.20. The maximum atomic E-state index is 12.8. The molecule has 5 heteroatoms. The van der Waals surface area contributed by atoms with E-state index in [-0.39, 0.29) is 23.5 Å². The van der Waals surface area contributed by atoms with Crippen molar-refractivity contribution in [3.05, 3.63) is 35.6 Å². The fourth-order valence-electron chi connectivity index (χ4n) is 1.58. The molecule has 0 spiro atoms. The predicted molar refractivity (Wildman–Crippen MR) is 71.2 cm³/mol. The summed E-state index contributed by atoms with van der Waals surface area (Å²) in [5.41, 5.74) is 0.805. The van der Waals surface area contributed by atoms with Crippen molar-refractivity contribution >= 4 is 11.7 Å². The van der Waals surface area contributed by atoms with Crippen molar-refractivity contribution in [3.63, 3.8) is 0 Å². The highest BCUT2D eigenvalue weighted by Crippen LogP contribution is 2.06. The van der Waals surface area contributed by atoms with E-state index in [0.717, 1.165) is 5.56 Å². The molecule has 2 atom stereocenters. The molecule has 0 heterocycles. The molecule has 0 bridgehead atoms. The summed E-state index contributed by atoms with van der Waals surface area (Å²) in [7, 11) is 1.67. The summed E-state index contributed by atoms with van der Waals surface area (Å²) in [5, 5.41) is 5.49. The van der Waals surface area contributed by atoms with Crippen molar-refractivity contribution in [2.45, 2.75) is 32.4 Å². The number of carbonyl (C=O) groups is 2. The van der Waals surface area contributed by atoms with Crippen molar-refractivity contribution in [2.75, 3.05) is 7.05 Å². The Morgan fingerprint density at radius 2 is 1.84 bits per heavy atom. The quantitative estimate of drug-likeness (QED) is 0.809. The molecular formula is C14H19FN2O2. The summed E-state index contributed by atoms with van der Waals surface area (Å²) < 4.78 is 12.8. The zero-order valence-electron chi connectivity index (χ0n) is 11.4. The lowest BCUT2D eigenvalue weighted by Gasteiger charge is -2.18. The van der Waals surface area contributed by atoms with Gasteiger partial charge in [-0.1, -0.05) is 12.1 Å². The number of carbonyl (C=O) groups excluding carboxylic acids is 2. The second-order valence-electron chi connectivity index (χ2n) is 4.51. The molecule has 0 aromatic heterocycles. The Hall–Kier alpha value is -1.75. The van der Waals surface area contributed by atoms with E-state index in [2.05, 4.69) is 10.6 Å². The number of nitrogens with one attached hydrogen (secondary N) is 2. The number of benzene rings is 1. The van der Waals surface area contributed by atoms with Crippen LogP contribution in [0.2, 0.25) is 0 Å². The Labute approximate surface area is 112 Å². The number of Topliss-reactive ketones (excluding diaryl/α,β-unsaturated/α-hetero) is 1. The Morgan fingerprint density at radius 1 is 1.26 bits per heavy atom. The molecular weight excluding hydrogens is 247 g/mol. The molecule has 2 N–H and O–H groups in total. The zero-order valence-corrected chi connectivity index (χ0v) is 11.4. The zero-order chi connectivity index (χ0) is 14.4. The van der Waals surface area contributed by atoms with E-state index in [1.807, 2.05) is 0 Å². The maximum Gasteiger partial charge on any atom is 0.237 e. The molecule has 0 aliphatic carbocycles. The Balaban J connectivity index is 2.71. The van der Waals surface area contributed by atoms with Crippen LogP contribution in [0.4, 0.5) is 4.39 Å². The fraction of sp³-hybridized carbons (Fsp3) is 0.429. The van der Waals surface area contributed by atoms with Gasteiger partial charge in [0.05, 0.1) is 12.1 Å². The van der Waals surface area contributed by atoms with E-state index in [0.29, 0.717) is 6.42 Å². The summed E-state index contributed by atoms with van der Waals surface area (Å²) in [6, 6.07) is 4.94. The Bertz CT molecular complexity index is 445. The third kappa shape index (κ3) is 4.79.